The maximum Gasteiger partial charge on any atom is 0.169 e. The van der Waals surface area contributed by atoms with Crippen LogP contribution in [0.3, 0.4) is 0 Å². The number of carbonyl (C=O) groups excluding carboxylic acids is 1. The van der Waals surface area contributed by atoms with Crippen molar-refractivity contribution in [2.24, 2.45) is 5.73 Å². The van der Waals surface area contributed by atoms with E-state index < -0.39 is 5.54 Å². The van der Waals surface area contributed by atoms with Crippen LogP contribution in [0.25, 0.3) is 0 Å². The molecule has 0 saturated carbocycles. The van der Waals surface area contributed by atoms with Crippen LogP contribution in [0.5, 0.6) is 0 Å². The van der Waals surface area contributed by atoms with Crippen LogP contribution in [0.2, 0.25) is 0 Å². The summed E-state index contributed by atoms with van der Waals surface area (Å²) < 4.78 is 5.82. The number of hydrogen-bond donors (Lipinski definition) is 1. The second-order valence-electron chi connectivity index (χ2n) is 3.53. The van der Waals surface area contributed by atoms with Crippen molar-refractivity contribution in [3.63, 3.8) is 0 Å². The Balaban J connectivity index is 2.65. The summed E-state index contributed by atoms with van der Waals surface area (Å²) in [6, 6.07) is 3.51. The third-order valence-corrected chi connectivity index (χ3v) is 2.11. The van der Waals surface area contributed by atoms with Gasteiger partial charge in [0.2, 0.25) is 0 Å². The summed E-state index contributed by atoms with van der Waals surface area (Å²) in [7, 11) is 0. The van der Waals surface area contributed by atoms with Gasteiger partial charge in [0.15, 0.2) is 10.5 Å². The Hall–Kier alpha value is -0.610. The first kappa shape index (κ1) is 10.5. The fourth-order valence-electron chi connectivity index (χ4n) is 0.833. The lowest BCUT2D eigenvalue weighted by molar-refractivity contribution is -0.122. The van der Waals surface area contributed by atoms with E-state index in [-0.39, 0.29) is 12.2 Å². The van der Waals surface area contributed by atoms with Crippen molar-refractivity contribution in [2.75, 3.05) is 0 Å². The second kappa shape index (κ2) is 3.64. The fraction of sp³-hybridized carbons (Fsp3) is 0.444. The zero-order valence-electron chi connectivity index (χ0n) is 7.63. The quantitative estimate of drug-likeness (QED) is 0.885. The number of furan rings is 1. The SMILES string of the molecule is CC(C)(N)C(=O)Cc1ccc(Br)o1. The highest BCUT2D eigenvalue weighted by molar-refractivity contribution is 9.10. The molecule has 2 N–H and O–H groups in total. The average Bonchev–Trinajstić information content (AvgIpc) is 2.33. The zero-order valence-corrected chi connectivity index (χ0v) is 9.22. The third-order valence-electron chi connectivity index (χ3n) is 1.68. The Morgan fingerprint density at radius 2 is 2.23 bits per heavy atom. The van der Waals surface area contributed by atoms with Crippen LogP contribution in [-0.4, -0.2) is 11.3 Å². The summed E-state index contributed by atoms with van der Waals surface area (Å²) in [5.74, 6) is 0.602. The summed E-state index contributed by atoms with van der Waals surface area (Å²) in [5.41, 5.74) is 4.84. The Labute approximate surface area is 85.4 Å². The summed E-state index contributed by atoms with van der Waals surface area (Å²) in [6.45, 7) is 3.38. The van der Waals surface area contributed by atoms with Crippen molar-refractivity contribution in [2.45, 2.75) is 25.8 Å². The Morgan fingerprint density at radius 1 is 1.62 bits per heavy atom. The minimum atomic E-state index is -0.792. The van der Waals surface area contributed by atoms with E-state index in [1.807, 2.05) is 0 Å². The van der Waals surface area contributed by atoms with Gasteiger partial charge in [0.05, 0.1) is 12.0 Å². The standard InChI is InChI=1S/C9H12BrNO2/c1-9(2,11)7(12)5-6-3-4-8(10)13-6/h3-4H,5,11H2,1-2H3. The third kappa shape index (κ3) is 2.97. The van der Waals surface area contributed by atoms with Gasteiger partial charge in [-0.1, -0.05) is 0 Å². The van der Waals surface area contributed by atoms with E-state index >= 15 is 0 Å². The predicted octanol–water partition coefficient (Wildman–Crippen LogP) is 1.89. The molecule has 0 atom stereocenters. The van der Waals surface area contributed by atoms with Crippen molar-refractivity contribution < 1.29 is 9.21 Å². The van der Waals surface area contributed by atoms with Crippen LogP contribution in [0.1, 0.15) is 19.6 Å². The van der Waals surface area contributed by atoms with Crippen LogP contribution >= 0.6 is 15.9 Å². The largest absolute Gasteiger partial charge is 0.454 e. The number of nitrogens with two attached hydrogens (primary N) is 1. The van der Waals surface area contributed by atoms with E-state index in [1.165, 1.54) is 0 Å². The Kier molecular flexibility index (Phi) is 2.93. The molecule has 3 nitrogen and oxygen atoms in total. The molecule has 0 amide bonds. The first-order valence-corrected chi connectivity index (χ1v) is 4.75. The molecule has 4 heteroatoms. The summed E-state index contributed by atoms with van der Waals surface area (Å²) in [6.07, 6.45) is 0.245. The highest BCUT2D eigenvalue weighted by atomic mass is 79.9. The molecule has 0 aliphatic heterocycles. The smallest absolute Gasteiger partial charge is 0.169 e. The summed E-state index contributed by atoms with van der Waals surface area (Å²) >= 11 is 3.16. The van der Waals surface area contributed by atoms with Gasteiger partial charge < -0.3 is 10.2 Å². The number of rotatable bonds is 3. The molecule has 72 valence electrons. The Morgan fingerprint density at radius 3 is 2.62 bits per heavy atom. The number of carbonyl (C=O) groups is 1. The maximum atomic E-state index is 11.4. The number of hydrogen-bond acceptors (Lipinski definition) is 3. The van der Waals surface area contributed by atoms with Gasteiger partial charge >= 0.3 is 0 Å². The van der Waals surface area contributed by atoms with Crippen molar-refractivity contribution in [3.8, 4) is 0 Å². The van der Waals surface area contributed by atoms with E-state index in [4.69, 9.17) is 10.2 Å². The molecule has 0 spiro atoms. The Bertz CT molecular complexity index is 312. The van der Waals surface area contributed by atoms with Crippen molar-refractivity contribution in [1.82, 2.24) is 0 Å². The molecule has 0 aromatic carbocycles. The maximum absolute atomic E-state index is 11.4. The summed E-state index contributed by atoms with van der Waals surface area (Å²) in [5, 5.41) is 0. The fourth-order valence-corrected chi connectivity index (χ4v) is 1.17. The van der Waals surface area contributed by atoms with Crippen LogP contribution < -0.4 is 5.73 Å². The lowest BCUT2D eigenvalue weighted by atomic mass is 9.97. The van der Waals surface area contributed by atoms with E-state index in [0.29, 0.717) is 10.4 Å². The average molecular weight is 246 g/mol. The van der Waals surface area contributed by atoms with Crippen LogP contribution in [-0.2, 0) is 11.2 Å². The molecule has 0 radical (unpaired) electrons. The van der Waals surface area contributed by atoms with Crippen LogP contribution in [0.15, 0.2) is 21.2 Å². The van der Waals surface area contributed by atoms with Crippen molar-refractivity contribution >= 4 is 21.7 Å². The van der Waals surface area contributed by atoms with Gasteiger partial charge in [-0.3, -0.25) is 4.79 Å². The molecule has 1 heterocycles. The molecule has 0 unspecified atom stereocenters. The number of Topliss-reactive ketones (excluding diaryl/α,β-unsaturated/α-hetero) is 1. The molecule has 1 aromatic heterocycles. The minimum Gasteiger partial charge on any atom is -0.454 e. The second-order valence-corrected chi connectivity index (χ2v) is 4.31. The molecule has 0 fully saturated rings. The molecule has 1 aromatic rings. The molecule has 0 aliphatic carbocycles. The van der Waals surface area contributed by atoms with Gasteiger partial charge in [-0.25, -0.2) is 0 Å². The van der Waals surface area contributed by atoms with Crippen molar-refractivity contribution in [1.29, 1.82) is 0 Å². The highest BCUT2D eigenvalue weighted by Crippen LogP contribution is 2.16. The van der Waals surface area contributed by atoms with Gasteiger partial charge in [-0.15, -0.1) is 0 Å². The predicted molar refractivity (Wildman–Crippen MR) is 53.4 cm³/mol. The monoisotopic (exact) mass is 245 g/mol. The first-order valence-electron chi connectivity index (χ1n) is 3.96. The van der Waals surface area contributed by atoms with E-state index in [2.05, 4.69) is 15.9 Å². The van der Waals surface area contributed by atoms with Crippen LogP contribution in [0, 0.1) is 0 Å². The van der Waals surface area contributed by atoms with E-state index in [9.17, 15) is 4.79 Å². The van der Waals surface area contributed by atoms with Crippen molar-refractivity contribution in [3.05, 3.63) is 22.6 Å². The van der Waals surface area contributed by atoms with E-state index in [0.717, 1.165) is 0 Å². The van der Waals surface area contributed by atoms with Gasteiger partial charge in [-0.2, -0.15) is 0 Å². The van der Waals surface area contributed by atoms with Gasteiger partial charge in [0, 0.05) is 0 Å². The van der Waals surface area contributed by atoms with Gasteiger partial charge in [0.1, 0.15) is 5.76 Å². The lowest BCUT2D eigenvalue weighted by Crippen LogP contribution is -2.42. The molecule has 1 rings (SSSR count). The van der Waals surface area contributed by atoms with Crippen LogP contribution in [0.4, 0.5) is 0 Å². The molecular weight excluding hydrogens is 234 g/mol. The molecule has 0 aliphatic rings. The highest BCUT2D eigenvalue weighted by Gasteiger charge is 2.22. The van der Waals surface area contributed by atoms with Gasteiger partial charge in [0.25, 0.3) is 0 Å². The summed E-state index contributed by atoms with van der Waals surface area (Å²) in [4.78, 5) is 11.4. The number of ketones is 1. The lowest BCUT2D eigenvalue weighted by Gasteiger charge is -2.15. The molecular formula is C9H12BrNO2. The topological polar surface area (TPSA) is 56.2 Å². The van der Waals surface area contributed by atoms with E-state index in [1.54, 1.807) is 26.0 Å². The van der Waals surface area contributed by atoms with Gasteiger partial charge in [-0.05, 0) is 41.9 Å². The molecule has 13 heavy (non-hydrogen) atoms. The molecule has 0 bridgehead atoms. The zero-order chi connectivity index (χ0) is 10.1. The number of halogens is 1. The molecule has 0 saturated heterocycles. The first-order chi connectivity index (χ1) is 5.89. The minimum absolute atomic E-state index is 0.0330. The normalized spacial score (nSPS) is 11.7.